The van der Waals surface area contributed by atoms with Crippen LogP contribution in [-0.4, -0.2) is 21.0 Å². The average Bonchev–Trinajstić information content (AvgIpc) is 2.83. The summed E-state index contributed by atoms with van der Waals surface area (Å²) in [6, 6.07) is 10.6. The van der Waals surface area contributed by atoms with Gasteiger partial charge in [-0.05, 0) is 24.3 Å². The van der Waals surface area contributed by atoms with Crippen LogP contribution in [0.25, 0.3) is 10.2 Å². The summed E-state index contributed by atoms with van der Waals surface area (Å²) in [5, 5.41) is 12.5. The Hall–Kier alpha value is -2.67. The van der Waals surface area contributed by atoms with E-state index in [4.69, 9.17) is 10.8 Å². The first-order valence-electron chi connectivity index (χ1n) is 5.76. The highest BCUT2D eigenvalue weighted by atomic mass is 32.1. The molecule has 2 heterocycles. The van der Waals surface area contributed by atoms with Gasteiger partial charge < -0.3 is 16.2 Å². The van der Waals surface area contributed by atoms with Gasteiger partial charge in [0, 0.05) is 0 Å². The molecule has 0 radical (unpaired) electrons. The molecule has 20 heavy (non-hydrogen) atoms. The molecule has 4 N–H and O–H groups in total. The van der Waals surface area contributed by atoms with Gasteiger partial charge >= 0.3 is 5.97 Å². The van der Waals surface area contributed by atoms with Crippen LogP contribution in [0, 0.1) is 0 Å². The molecule has 0 atom stereocenters. The quantitative estimate of drug-likeness (QED) is 0.684. The van der Waals surface area contributed by atoms with Crippen molar-refractivity contribution < 1.29 is 9.90 Å². The number of aromatic carboxylic acids is 1. The van der Waals surface area contributed by atoms with Crippen LogP contribution in [0.5, 0.6) is 0 Å². The Morgan fingerprint density at radius 1 is 1.20 bits per heavy atom. The summed E-state index contributed by atoms with van der Waals surface area (Å²) in [5.74, 6) is -0.804. The molecule has 1 aromatic carbocycles. The molecule has 0 bridgehead atoms. The molecule has 7 heteroatoms. The lowest BCUT2D eigenvalue weighted by Crippen LogP contribution is -2.05. The maximum atomic E-state index is 10.9. The number of nitrogen functional groups attached to an aromatic ring is 1. The van der Waals surface area contributed by atoms with Crippen molar-refractivity contribution in [2.45, 2.75) is 0 Å². The van der Waals surface area contributed by atoms with Gasteiger partial charge in [0.15, 0.2) is 16.6 Å². The average molecular weight is 286 g/mol. The van der Waals surface area contributed by atoms with Gasteiger partial charge in [-0.1, -0.05) is 23.5 Å². The summed E-state index contributed by atoms with van der Waals surface area (Å²) in [4.78, 5) is 19.3. The number of benzene rings is 1. The third-order valence-electron chi connectivity index (χ3n) is 2.66. The van der Waals surface area contributed by atoms with Crippen molar-refractivity contribution >= 4 is 44.2 Å². The van der Waals surface area contributed by atoms with Gasteiger partial charge in [0.25, 0.3) is 0 Å². The van der Waals surface area contributed by atoms with E-state index in [-0.39, 0.29) is 5.69 Å². The fourth-order valence-electron chi connectivity index (χ4n) is 1.72. The number of hydrogen-bond acceptors (Lipinski definition) is 6. The molecule has 0 aliphatic rings. The van der Waals surface area contributed by atoms with Crippen LogP contribution in [0.15, 0.2) is 36.4 Å². The van der Waals surface area contributed by atoms with E-state index in [1.807, 2.05) is 24.3 Å². The van der Waals surface area contributed by atoms with Crippen LogP contribution in [0.1, 0.15) is 10.5 Å². The zero-order valence-corrected chi connectivity index (χ0v) is 11.0. The van der Waals surface area contributed by atoms with Crippen molar-refractivity contribution in [2.75, 3.05) is 11.1 Å². The van der Waals surface area contributed by atoms with E-state index >= 15 is 0 Å². The monoisotopic (exact) mass is 286 g/mol. The molecule has 0 aliphatic heterocycles. The second-order valence-corrected chi connectivity index (χ2v) is 5.08. The Kier molecular flexibility index (Phi) is 2.96. The first-order valence-corrected chi connectivity index (χ1v) is 6.57. The Labute approximate surface area is 117 Å². The SMILES string of the molecule is Nc1ccc(C(=O)O)nc1Nc1nc2ccccc2s1. The smallest absolute Gasteiger partial charge is 0.354 e. The van der Waals surface area contributed by atoms with Crippen LogP contribution >= 0.6 is 11.3 Å². The predicted molar refractivity (Wildman–Crippen MR) is 78.5 cm³/mol. The Bertz CT molecular complexity index is 767. The third-order valence-corrected chi connectivity index (χ3v) is 3.62. The van der Waals surface area contributed by atoms with Gasteiger partial charge in [0.05, 0.1) is 15.9 Å². The molecule has 100 valence electrons. The molecule has 0 aliphatic carbocycles. The number of nitrogens with zero attached hydrogens (tertiary/aromatic N) is 2. The molecule has 6 nitrogen and oxygen atoms in total. The molecule has 3 aromatic rings. The summed E-state index contributed by atoms with van der Waals surface area (Å²) in [7, 11) is 0. The van der Waals surface area contributed by atoms with E-state index < -0.39 is 5.97 Å². The van der Waals surface area contributed by atoms with Crippen molar-refractivity contribution in [2.24, 2.45) is 0 Å². The number of pyridine rings is 1. The van der Waals surface area contributed by atoms with Crippen molar-refractivity contribution in [3.8, 4) is 0 Å². The Balaban J connectivity index is 1.97. The van der Waals surface area contributed by atoms with Gasteiger partial charge in [-0.25, -0.2) is 14.8 Å². The number of carboxylic acid groups (broad SMARTS) is 1. The minimum absolute atomic E-state index is 0.0668. The number of thiazole rings is 1. The number of aromatic nitrogens is 2. The largest absolute Gasteiger partial charge is 0.477 e. The number of hydrogen-bond donors (Lipinski definition) is 3. The van der Waals surface area contributed by atoms with Crippen molar-refractivity contribution in [3.63, 3.8) is 0 Å². The van der Waals surface area contributed by atoms with Crippen LogP contribution < -0.4 is 11.1 Å². The fourth-order valence-corrected chi connectivity index (χ4v) is 2.58. The lowest BCUT2D eigenvalue weighted by molar-refractivity contribution is 0.0690. The van der Waals surface area contributed by atoms with Crippen LogP contribution in [0.2, 0.25) is 0 Å². The maximum Gasteiger partial charge on any atom is 0.354 e. The number of carbonyl (C=O) groups is 1. The predicted octanol–water partition coefficient (Wildman–Crippen LogP) is 2.72. The number of para-hydroxylation sites is 1. The first-order chi connectivity index (χ1) is 9.63. The second-order valence-electron chi connectivity index (χ2n) is 4.05. The van der Waals surface area contributed by atoms with E-state index in [9.17, 15) is 4.79 Å². The molecule has 3 rings (SSSR count). The highest BCUT2D eigenvalue weighted by Crippen LogP contribution is 2.29. The van der Waals surface area contributed by atoms with Gasteiger partial charge in [-0.2, -0.15) is 0 Å². The van der Waals surface area contributed by atoms with E-state index in [1.165, 1.54) is 23.5 Å². The van der Waals surface area contributed by atoms with E-state index in [1.54, 1.807) is 0 Å². The van der Waals surface area contributed by atoms with Crippen LogP contribution in [0.4, 0.5) is 16.6 Å². The zero-order valence-electron chi connectivity index (χ0n) is 10.2. The van der Waals surface area contributed by atoms with Crippen LogP contribution in [0.3, 0.4) is 0 Å². The normalized spacial score (nSPS) is 10.6. The van der Waals surface area contributed by atoms with E-state index in [2.05, 4.69) is 15.3 Å². The molecular weight excluding hydrogens is 276 g/mol. The van der Waals surface area contributed by atoms with Gasteiger partial charge in [0.1, 0.15) is 0 Å². The highest BCUT2D eigenvalue weighted by Gasteiger charge is 2.10. The third kappa shape index (κ3) is 2.26. The number of fused-ring (bicyclic) bond motifs is 1. The molecule has 0 saturated carbocycles. The molecule has 2 aromatic heterocycles. The lowest BCUT2D eigenvalue weighted by Gasteiger charge is -2.05. The lowest BCUT2D eigenvalue weighted by atomic mass is 10.3. The number of anilines is 3. The van der Waals surface area contributed by atoms with E-state index in [0.29, 0.717) is 16.6 Å². The molecule has 0 saturated heterocycles. The maximum absolute atomic E-state index is 10.9. The van der Waals surface area contributed by atoms with Gasteiger partial charge in [-0.3, -0.25) is 0 Å². The van der Waals surface area contributed by atoms with Gasteiger partial charge in [0.2, 0.25) is 0 Å². The minimum Gasteiger partial charge on any atom is -0.477 e. The summed E-state index contributed by atoms with van der Waals surface area (Å²) in [6.07, 6.45) is 0. The number of rotatable bonds is 3. The fraction of sp³-hybridized carbons (Fsp3) is 0. The van der Waals surface area contributed by atoms with Crippen molar-refractivity contribution in [1.82, 2.24) is 9.97 Å². The first kappa shape index (κ1) is 12.4. The summed E-state index contributed by atoms with van der Waals surface area (Å²) in [6.45, 7) is 0. The van der Waals surface area contributed by atoms with Crippen molar-refractivity contribution in [3.05, 3.63) is 42.1 Å². The number of nitrogens with one attached hydrogen (secondary N) is 1. The number of carboxylic acids is 1. The van der Waals surface area contributed by atoms with E-state index in [0.717, 1.165) is 10.2 Å². The minimum atomic E-state index is -1.10. The Morgan fingerprint density at radius 3 is 2.75 bits per heavy atom. The summed E-state index contributed by atoms with van der Waals surface area (Å²) >= 11 is 1.45. The summed E-state index contributed by atoms with van der Waals surface area (Å²) in [5.41, 5.74) is 6.96. The molecule has 0 spiro atoms. The molecule has 0 unspecified atom stereocenters. The molecule has 0 amide bonds. The highest BCUT2D eigenvalue weighted by molar-refractivity contribution is 7.22. The molecule has 0 fully saturated rings. The van der Waals surface area contributed by atoms with Gasteiger partial charge in [-0.15, -0.1) is 0 Å². The topological polar surface area (TPSA) is 101 Å². The standard InChI is InChI=1S/C13H10N4O2S/c14-7-5-6-9(12(18)19)15-11(7)17-13-16-8-3-1-2-4-10(8)20-13/h1-6H,14H2,(H,18,19)(H,15,16,17). The zero-order chi connectivity index (χ0) is 14.1. The summed E-state index contributed by atoms with van der Waals surface area (Å²) < 4.78 is 1.03. The molecular formula is C13H10N4O2S. The second kappa shape index (κ2) is 4.78. The van der Waals surface area contributed by atoms with Crippen LogP contribution in [-0.2, 0) is 0 Å². The number of nitrogens with two attached hydrogens (primary N) is 1. The Morgan fingerprint density at radius 2 is 2.00 bits per heavy atom. The van der Waals surface area contributed by atoms with Crippen molar-refractivity contribution in [1.29, 1.82) is 0 Å².